The molecular weight excluding hydrogens is 210 g/mol. The molecule has 0 aromatic heterocycles. The van der Waals surface area contributed by atoms with Gasteiger partial charge in [0.05, 0.1) is 6.42 Å². The van der Waals surface area contributed by atoms with Crippen molar-refractivity contribution in [2.75, 3.05) is 0 Å². The van der Waals surface area contributed by atoms with Crippen molar-refractivity contribution in [2.24, 2.45) is 0 Å². The van der Waals surface area contributed by atoms with E-state index in [4.69, 9.17) is 0 Å². The molecule has 0 saturated heterocycles. The Morgan fingerprint density at radius 1 is 1.41 bits per heavy atom. The number of carbonyl (C=O) groups excluding carboxylic acids is 1. The number of hydrogen-bond donors (Lipinski definition) is 1. The van der Waals surface area contributed by atoms with E-state index in [2.05, 4.69) is 37.4 Å². The Morgan fingerprint density at radius 2 is 2.18 bits per heavy atom. The van der Waals surface area contributed by atoms with Gasteiger partial charge in [-0.15, -0.1) is 0 Å². The van der Waals surface area contributed by atoms with Crippen LogP contribution in [0.4, 0.5) is 0 Å². The molecule has 1 amide bonds. The van der Waals surface area contributed by atoms with Gasteiger partial charge < -0.3 is 5.32 Å². The smallest absolute Gasteiger partial charge is 0.224 e. The van der Waals surface area contributed by atoms with Gasteiger partial charge in [0.25, 0.3) is 0 Å². The van der Waals surface area contributed by atoms with Gasteiger partial charge in [0.2, 0.25) is 5.91 Å². The van der Waals surface area contributed by atoms with E-state index in [-0.39, 0.29) is 5.91 Å². The van der Waals surface area contributed by atoms with Crippen molar-refractivity contribution in [1.29, 1.82) is 0 Å². The van der Waals surface area contributed by atoms with Crippen LogP contribution in [0, 0.1) is 6.92 Å². The van der Waals surface area contributed by atoms with Crippen molar-refractivity contribution in [3.05, 3.63) is 34.9 Å². The maximum absolute atomic E-state index is 11.7. The molecule has 1 aliphatic rings. The lowest BCUT2D eigenvalue weighted by Crippen LogP contribution is -2.26. The minimum atomic E-state index is 0.162. The Morgan fingerprint density at radius 3 is 2.76 bits per heavy atom. The summed E-state index contributed by atoms with van der Waals surface area (Å²) in [6, 6.07) is 6.86. The molecule has 0 radical (unpaired) electrons. The third-order valence-electron chi connectivity index (χ3n) is 3.23. The monoisotopic (exact) mass is 231 g/mol. The van der Waals surface area contributed by atoms with Crippen LogP contribution >= 0.6 is 0 Å². The lowest BCUT2D eigenvalue weighted by atomic mass is 10.00. The minimum Gasteiger partial charge on any atom is -0.353 e. The summed E-state index contributed by atoms with van der Waals surface area (Å²) in [6.45, 7) is 4.32. The van der Waals surface area contributed by atoms with Gasteiger partial charge in [-0.2, -0.15) is 0 Å². The first kappa shape index (κ1) is 12.2. The Bertz CT molecular complexity index is 407. The fraction of sp³-hybridized carbons (Fsp3) is 0.533. The second-order valence-electron chi connectivity index (χ2n) is 5.03. The van der Waals surface area contributed by atoms with Crippen molar-refractivity contribution in [3.63, 3.8) is 0 Å². The third-order valence-corrected chi connectivity index (χ3v) is 3.23. The maximum atomic E-state index is 11.7. The van der Waals surface area contributed by atoms with Gasteiger partial charge in [-0.1, -0.05) is 31.5 Å². The number of nitrogens with one attached hydrogen (secondary N) is 1. The maximum Gasteiger partial charge on any atom is 0.224 e. The molecule has 1 N–H and O–H groups in total. The second-order valence-corrected chi connectivity index (χ2v) is 5.03. The Labute approximate surface area is 103 Å². The SMILES string of the molecule is CCCc1ccc(CC(=O)NC2CC2)cc1C. The highest BCUT2D eigenvalue weighted by Gasteiger charge is 2.23. The molecule has 2 heteroatoms. The topological polar surface area (TPSA) is 29.1 Å². The molecule has 1 aliphatic carbocycles. The molecule has 1 aromatic rings. The van der Waals surface area contributed by atoms with Crippen LogP contribution < -0.4 is 5.32 Å². The molecule has 1 aromatic carbocycles. The predicted molar refractivity (Wildman–Crippen MR) is 70.0 cm³/mol. The Hall–Kier alpha value is -1.31. The molecule has 0 spiro atoms. The molecule has 0 bridgehead atoms. The van der Waals surface area contributed by atoms with Gasteiger partial charge >= 0.3 is 0 Å². The molecule has 2 rings (SSSR count). The number of amides is 1. The summed E-state index contributed by atoms with van der Waals surface area (Å²) in [6.07, 6.45) is 5.12. The minimum absolute atomic E-state index is 0.162. The Kier molecular flexibility index (Phi) is 3.82. The van der Waals surface area contributed by atoms with Crippen LogP contribution in [0.1, 0.15) is 42.9 Å². The van der Waals surface area contributed by atoms with Crippen LogP contribution in [0.25, 0.3) is 0 Å². The fourth-order valence-electron chi connectivity index (χ4n) is 2.11. The normalized spacial score (nSPS) is 14.7. The average Bonchev–Trinajstić information content (AvgIpc) is 3.06. The van der Waals surface area contributed by atoms with Gasteiger partial charge in [0, 0.05) is 6.04 Å². The highest BCUT2D eigenvalue weighted by Crippen LogP contribution is 2.19. The zero-order valence-electron chi connectivity index (χ0n) is 10.8. The van der Waals surface area contributed by atoms with Gasteiger partial charge in [-0.25, -0.2) is 0 Å². The molecule has 92 valence electrons. The van der Waals surface area contributed by atoms with Crippen LogP contribution in [0.15, 0.2) is 18.2 Å². The molecule has 17 heavy (non-hydrogen) atoms. The summed E-state index contributed by atoms with van der Waals surface area (Å²) < 4.78 is 0. The molecule has 1 fully saturated rings. The summed E-state index contributed by atoms with van der Waals surface area (Å²) in [5, 5.41) is 3.02. The van der Waals surface area contributed by atoms with Gasteiger partial charge in [0.1, 0.15) is 0 Å². The summed E-state index contributed by atoms with van der Waals surface area (Å²) >= 11 is 0. The zero-order chi connectivity index (χ0) is 12.3. The first-order valence-electron chi connectivity index (χ1n) is 6.57. The average molecular weight is 231 g/mol. The van der Waals surface area contributed by atoms with Crippen molar-refractivity contribution >= 4 is 5.91 Å². The van der Waals surface area contributed by atoms with E-state index >= 15 is 0 Å². The van der Waals surface area contributed by atoms with Crippen molar-refractivity contribution in [1.82, 2.24) is 5.32 Å². The van der Waals surface area contributed by atoms with Gasteiger partial charge in [-0.05, 0) is 42.9 Å². The van der Waals surface area contributed by atoms with Crippen LogP contribution in [-0.2, 0) is 17.6 Å². The van der Waals surface area contributed by atoms with E-state index in [1.807, 2.05) is 0 Å². The molecule has 0 aliphatic heterocycles. The highest BCUT2D eigenvalue weighted by atomic mass is 16.1. The molecule has 2 nitrogen and oxygen atoms in total. The van der Waals surface area contributed by atoms with Crippen LogP contribution in [-0.4, -0.2) is 11.9 Å². The third kappa shape index (κ3) is 3.58. The van der Waals surface area contributed by atoms with E-state index < -0.39 is 0 Å². The molecule has 0 atom stereocenters. The van der Waals surface area contributed by atoms with E-state index in [1.165, 1.54) is 17.5 Å². The first-order valence-corrected chi connectivity index (χ1v) is 6.57. The fourth-order valence-corrected chi connectivity index (χ4v) is 2.11. The first-order chi connectivity index (χ1) is 8.19. The number of benzene rings is 1. The molecule has 0 unspecified atom stereocenters. The summed E-state index contributed by atoms with van der Waals surface area (Å²) in [5.74, 6) is 0.162. The van der Waals surface area contributed by atoms with Crippen molar-refractivity contribution in [2.45, 2.75) is 52.0 Å². The molecule has 0 heterocycles. The number of carbonyl (C=O) groups is 1. The van der Waals surface area contributed by atoms with Crippen LogP contribution in [0.3, 0.4) is 0 Å². The number of hydrogen-bond acceptors (Lipinski definition) is 1. The highest BCUT2D eigenvalue weighted by molar-refractivity contribution is 5.79. The van der Waals surface area contributed by atoms with E-state index in [1.54, 1.807) is 0 Å². The largest absolute Gasteiger partial charge is 0.353 e. The number of aryl methyl sites for hydroxylation is 2. The van der Waals surface area contributed by atoms with Crippen molar-refractivity contribution in [3.8, 4) is 0 Å². The van der Waals surface area contributed by atoms with Crippen LogP contribution in [0.5, 0.6) is 0 Å². The van der Waals surface area contributed by atoms with Gasteiger partial charge in [0.15, 0.2) is 0 Å². The zero-order valence-corrected chi connectivity index (χ0v) is 10.8. The quantitative estimate of drug-likeness (QED) is 0.829. The van der Waals surface area contributed by atoms with Gasteiger partial charge in [-0.3, -0.25) is 4.79 Å². The second kappa shape index (κ2) is 5.35. The standard InChI is InChI=1S/C15H21NO/c1-3-4-13-6-5-12(9-11(13)2)10-15(17)16-14-7-8-14/h5-6,9,14H,3-4,7-8,10H2,1-2H3,(H,16,17). The predicted octanol–water partition coefficient (Wildman–Crippen LogP) is 2.77. The summed E-state index contributed by atoms with van der Waals surface area (Å²) in [4.78, 5) is 11.7. The van der Waals surface area contributed by atoms with Crippen LogP contribution in [0.2, 0.25) is 0 Å². The lowest BCUT2D eigenvalue weighted by molar-refractivity contribution is -0.120. The summed E-state index contributed by atoms with van der Waals surface area (Å²) in [7, 11) is 0. The number of rotatable bonds is 5. The van der Waals surface area contributed by atoms with E-state index in [9.17, 15) is 4.79 Å². The Balaban J connectivity index is 1.95. The van der Waals surface area contributed by atoms with Crippen molar-refractivity contribution < 1.29 is 4.79 Å². The molecular formula is C15H21NO. The molecule has 1 saturated carbocycles. The van der Waals surface area contributed by atoms with E-state index in [0.29, 0.717) is 12.5 Å². The lowest BCUT2D eigenvalue weighted by Gasteiger charge is -2.08. The summed E-state index contributed by atoms with van der Waals surface area (Å²) in [5.41, 5.74) is 3.84. The van der Waals surface area contributed by atoms with E-state index in [0.717, 1.165) is 24.8 Å².